The first-order valence-electron chi connectivity index (χ1n) is 7.55. The summed E-state index contributed by atoms with van der Waals surface area (Å²) in [5, 5.41) is 10.7. The summed E-state index contributed by atoms with van der Waals surface area (Å²) >= 11 is 1.48. The highest BCUT2D eigenvalue weighted by Gasteiger charge is 2.14. The SMILES string of the molecule is CCn1c(C(=O)O)cc2cc(Oc3nc4ccccc4s3)ccc21. The fraction of sp³-hybridized carbons (Fsp3) is 0.111. The van der Waals surface area contributed by atoms with Gasteiger partial charge in [-0.3, -0.25) is 0 Å². The van der Waals surface area contributed by atoms with Crippen molar-refractivity contribution in [2.24, 2.45) is 0 Å². The lowest BCUT2D eigenvalue weighted by atomic mass is 10.2. The van der Waals surface area contributed by atoms with Gasteiger partial charge >= 0.3 is 5.97 Å². The molecule has 2 heterocycles. The number of thiazole rings is 1. The lowest BCUT2D eigenvalue weighted by Crippen LogP contribution is -2.06. The molecule has 0 bridgehead atoms. The van der Waals surface area contributed by atoms with E-state index >= 15 is 0 Å². The summed E-state index contributed by atoms with van der Waals surface area (Å²) in [7, 11) is 0. The largest absolute Gasteiger partial charge is 0.477 e. The summed E-state index contributed by atoms with van der Waals surface area (Å²) in [6.45, 7) is 2.53. The van der Waals surface area contributed by atoms with Crippen LogP contribution in [0.4, 0.5) is 0 Å². The van der Waals surface area contributed by atoms with E-state index in [-0.39, 0.29) is 5.69 Å². The number of nitrogens with zero attached hydrogens (tertiary/aromatic N) is 2. The zero-order valence-corrected chi connectivity index (χ0v) is 13.7. The minimum atomic E-state index is -0.929. The second-order valence-electron chi connectivity index (χ2n) is 5.35. The monoisotopic (exact) mass is 338 g/mol. The van der Waals surface area contributed by atoms with Gasteiger partial charge in [0.1, 0.15) is 11.4 Å². The average Bonchev–Trinajstić information content (AvgIpc) is 3.14. The summed E-state index contributed by atoms with van der Waals surface area (Å²) in [5.74, 6) is -0.284. The number of aryl methyl sites for hydroxylation is 1. The predicted molar refractivity (Wildman–Crippen MR) is 94.3 cm³/mol. The Kier molecular flexibility index (Phi) is 3.46. The molecule has 2 aromatic carbocycles. The van der Waals surface area contributed by atoms with Crippen molar-refractivity contribution < 1.29 is 14.6 Å². The highest BCUT2D eigenvalue weighted by molar-refractivity contribution is 7.20. The van der Waals surface area contributed by atoms with Gasteiger partial charge in [-0.05, 0) is 43.3 Å². The van der Waals surface area contributed by atoms with E-state index in [1.807, 2.05) is 49.4 Å². The third kappa shape index (κ3) is 2.41. The Balaban J connectivity index is 1.73. The van der Waals surface area contributed by atoms with Crippen LogP contribution in [0.15, 0.2) is 48.5 Å². The number of ether oxygens (including phenoxy) is 1. The van der Waals surface area contributed by atoms with Crippen LogP contribution >= 0.6 is 11.3 Å². The van der Waals surface area contributed by atoms with Gasteiger partial charge in [-0.2, -0.15) is 0 Å². The number of aromatic nitrogens is 2. The van der Waals surface area contributed by atoms with Gasteiger partial charge in [0.15, 0.2) is 0 Å². The van der Waals surface area contributed by atoms with Crippen LogP contribution < -0.4 is 4.74 Å². The molecule has 4 rings (SSSR count). The lowest BCUT2D eigenvalue weighted by molar-refractivity contribution is 0.0686. The first-order chi connectivity index (χ1) is 11.7. The Morgan fingerprint density at radius 2 is 2.08 bits per heavy atom. The summed E-state index contributed by atoms with van der Waals surface area (Å²) in [6.07, 6.45) is 0. The topological polar surface area (TPSA) is 64.4 Å². The molecule has 0 aliphatic rings. The van der Waals surface area contributed by atoms with E-state index < -0.39 is 5.97 Å². The van der Waals surface area contributed by atoms with Crippen LogP contribution in [0.2, 0.25) is 0 Å². The number of carboxylic acid groups (broad SMARTS) is 1. The van der Waals surface area contributed by atoms with Crippen LogP contribution in [0, 0.1) is 0 Å². The van der Waals surface area contributed by atoms with E-state index in [1.165, 1.54) is 11.3 Å². The van der Waals surface area contributed by atoms with Crippen molar-refractivity contribution in [3.63, 3.8) is 0 Å². The third-order valence-electron chi connectivity index (χ3n) is 3.89. The minimum absolute atomic E-state index is 0.282. The second-order valence-corrected chi connectivity index (χ2v) is 6.34. The van der Waals surface area contributed by atoms with Gasteiger partial charge in [0.25, 0.3) is 5.19 Å². The molecule has 0 fully saturated rings. The van der Waals surface area contributed by atoms with Crippen molar-refractivity contribution in [2.75, 3.05) is 0 Å². The molecule has 0 saturated carbocycles. The molecule has 1 N–H and O–H groups in total. The fourth-order valence-corrected chi connectivity index (χ4v) is 3.66. The van der Waals surface area contributed by atoms with E-state index in [0.29, 0.717) is 17.5 Å². The number of para-hydroxylation sites is 1. The van der Waals surface area contributed by atoms with Gasteiger partial charge in [0.2, 0.25) is 0 Å². The van der Waals surface area contributed by atoms with Gasteiger partial charge in [-0.15, -0.1) is 0 Å². The second kappa shape index (κ2) is 5.65. The van der Waals surface area contributed by atoms with Gasteiger partial charge in [-0.25, -0.2) is 9.78 Å². The molecule has 0 amide bonds. The third-order valence-corrected chi connectivity index (χ3v) is 4.80. The highest BCUT2D eigenvalue weighted by atomic mass is 32.1. The Morgan fingerprint density at radius 3 is 2.83 bits per heavy atom. The maximum absolute atomic E-state index is 11.4. The molecule has 2 aromatic heterocycles. The number of carbonyl (C=O) groups is 1. The van der Waals surface area contributed by atoms with Crippen molar-refractivity contribution in [1.29, 1.82) is 0 Å². The first kappa shape index (κ1) is 14.7. The van der Waals surface area contributed by atoms with Gasteiger partial charge in [-0.1, -0.05) is 23.5 Å². The Labute approximate surface area is 141 Å². The molecular formula is C18H14N2O3S. The molecule has 24 heavy (non-hydrogen) atoms. The zero-order chi connectivity index (χ0) is 16.7. The maximum Gasteiger partial charge on any atom is 0.352 e. The van der Waals surface area contributed by atoms with Crippen LogP contribution in [0.1, 0.15) is 17.4 Å². The lowest BCUT2D eigenvalue weighted by Gasteiger charge is -2.05. The smallest absolute Gasteiger partial charge is 0.352 e. The Hall–Kier alpha value is -2.86. The molecule has 0 spiro atoms. The summed E-state index contributed by atoms with van der Waals surface area (Å²) in [6, 6.07) is 15.1. The molecule has 0 aliphatic carbocycles. The molecule has 0 unspecified atom stereocenters. The number of hydrogen-bond donors (Lipinski definition) is 1. The normalized spacial score (nSPS) is 11.2. The van der Waals surface area contributed by atoms with Crippen molar-refractivity contribution in [3.05, 3.63) is 54.2 Å². The Morgan fingerprint density at radius 1 is 1.25 bits per heavy atom. The number of benzene rings is 2. The van der Waals surface area contributed by atoms with Gasteiger partial charge in [0, 0.05) is 17.4 Å². The Bertz CT molecular complexity index is 1030. The molecule has 0 aliphatic heterocycles. The van der Waals surface area contributed by atoms with Crippen LogP contribution in [-0.4, -0.2) is 20.6 Å². The number of aromatic carboxylic acids is 1. The summed E-state index contributed by atoms with van der Waals surface area (Å²) < 4.78 is 8.71. The van der Waals surface area contributed by atoms with Crippen molar-refractivity contribution in [2.45, 2.75) is 13.5 Å². The first-order valence-corrected chi connectivity index (χ1v) is 8.37. The zero-order valence-electron chi connectivity index (χ0n) is 12.9. The molecule has 5 nitrogen and oxygen atoms in total. The van der Waals surface area contributed by atoms with Crippen LogP contribution in [0.5, 0.6) is 10.9 Å². The molecule has 0 radical (unpaired) electrons. The van der Waals surface area contributed by atoms with Crippen molar-refractivity contribution in [1.82, 2.24) is 9.55 Å². The van der Waals surface area contributed by atoms with Gasteiger partial charge in [0.05, 0.1) is 10.2 Å². The van der Waals surface area contributed by atoms with E-state index in [2.05, 4.69) is 4.98 Å². The van der Waals surface area contributed by atoms with E-state index in [9.17, 15) is 9.90 Å². The van der Waals surface area contributed by atoms with E-state index in [4.69, 9.17) is 4.74 Å². The average molecular weight is 338 g/mol. The predicted octanol–water partition coefficient (Wildman–Crippen LogP) is 4.76. The van der Waals surface area contributed by atoms with Crippen LogP contribution in [0.25, 0.3) is 21.1 Å². The number of fused-ring (bicyclic) bond motifs is 2. The molecule has 0 saturated heterocycles. The van der Waals surface area contributed by atoms with Crippen molar-refractivity contribution >= 4 is 38.4 Å². The number of carboxylic acids is 1. The molecule has 4 aromatic rings. The van der Waals surface area contributed by atoms with Crippen LogP contribution in [0.3, 0.4) is 0 Å². The van der Waals surface area contributed by atoms with Gasteiger partial charge < -0.3 is 14.4 Å². The maximum atomic E-state index is 11.4. The van der Waals surface area contributed by atoms with E-state index in [0.717, 1.165) is 21.1 Å². The molecule has 6 heteroatoms. The molecular weight excluding hydrogens is 324 g/mol. The fourth-order valence-electron chi connectivity index (χ4n) is 2.83. The number of hydrogen-bond acceptors (Lipinski definition) is 4. The summed E-state index contributed by atoms with van der Waals surface area (Å²) in [4.78, 5) is 15.8. The quantitative estimate of drug-likeness (QED) is 0.582. The molecule has 120 valence electrons. The minimum Gasteiger partial charge on any atom is -0.477 e. The van der Waals surface area contributed by atoms with Crippen molar-refractivity contribution in [3.8, 4) is 10.9 Å². The highest BCUT2D eigenvalue weighted by Crippen LogP contribution is 2.33. The van der Waals surface area contributed by atoms with Crippen LogP contribution in [-0.2, 0) is 6.54 Å². The van der Waals surface area contributed by atoms with E-state index in [1.54, 1.807) is 10.6 Å². The molecule has 0 atom stereocenters. The standard InChI is InChI=1S/C18H14N2O3S/c1-2-20-14-8-7-12(9-11(14)10-15(20)17(21)22)23-18-19-13-5-3-4-6-16(13)24-18/h3-10H,2H2,1H3,(H,21,22). The number of rotatable bonds is 4. The summed E-state index contributed by atoms with van der Waals surface area (Å²) in [5.41, 5.74) is 2.07.